The highest BCUT2D eigenvalue weighted by Gasteiger charge is 2.19. The molecular weight excluding hydrogens is 456 g/mol. The Labute approximate surface area is 196 Å². The minimum absolute atomic E-state index is 0.0708. The zero-order chi connectivity index (χ0) is 22.9. The normalized spacial score (nSPS) is 11.0. The molecule has 0 bridgehead atoms. The van der Waals surface area contributed by atoms with E-state index in [9.17, 15) is 9.59 Å². The fraction of sp³-hybridized carbons (Fsp3) is 0.0870. The lowest BCUT2D eigenvalue weighted by atomic mass is 10.2. The number of anilines is 1. The number of carbonyl (C=O) groups is 1. The minimum atomic E-state index is -0.257. The van der Waals surface area contributed by atoms with E-state index in [1.165, 1.54) is 23.1 Å². The van der Waals surface area contributed by atoms with Crippen LogP contribution in [0.5, 0.6) is 0 Å². The molecule has 0 saturated heterocycles. The quantitative estimate of drug-likeness (QED) is 0.388. The Hall–Kier alpha value is -3.94. The van der Waals surface area contributed by atoms with Gasteiger partial charge in [-0.05, 0) is 42.1 Å². The SMILES string of the molecule is Cc1ccccc1-n1c(=O)c2ccccc2n2c(SCC(=O)Nc3sccc3C#N)nnc12. The average molecular weight is 473 g/mol. The van der Waals surface area contributed by atoms with Gasteiger partial charge in [-0.15, -0.1) is 21.5 Å². The topological polar surface area (TPSA) is 105 Å². The summed E-state index contributed by atoms with van der Waals surface area (Å²) in [6.07, 6.45) is 0. The number of aromatic nitrogens is 4. The maximum atomic E-state index is 13.4. The van der Waals surface area contributed by atoms with Gasteiger partial charge in [-0.1, -0.05) is 42.1 Å². The number of fused-ring (bicyclic) bond motifs is 3. The first-order valence-corrected chi connectivity index (χ1v) is 11.8. The Kier molecular flexibility index (Phi) is 5.42. The fourth-order valence-electron chi connectivity index (χ4n) is 3.59. The molecule has 8 nitrogen and oxygen atoms in total. The second-order valence-electron chi connectivity index (χ2n) is 7.17. The summed E-state index contributed by atoms with van der Waals surface area (Å²) in [5, 5.41) is 23.8. The van der Waals surface area contributed by atoms with Gasteiger partial charge in [-0.3, -0.25) is 14.0 Å². The van der Waals surface area contributed by atoms with Crippen LogP contribution in [-0.4, -0.2) is 30.8 Å². The van der Waals surface area contributed by atoms with Gasteiger partial charge in [0.15, 0.2) is 5.16 Å². The number of thioether (sulfide) groups is 1. The van der Waals surface area contributed by atoms with Gasteiger partial charge < -0.3 is 5.32 Å². The molecule has 0 unspecified atom stereocenters. The smallest absolute Gasteiger partial charge is 0.267 e. The minimum Gasteiger partial charge on any atom is -0.316 e. The van der Waals surface area contributed by atoms with Gasteiger partial charge in [0.2, 0.25) is 11.7 Å². The van der Waals surface area contributed by atoms with E-state index in [2.05, 4.69) is 21.6 Å². The molecule has 0 fully saturated rings. The first-order chi connectivity index (χ1) is 16.1. The average Bonchev–Trinajstić information content (AvgIpc) is 3.46. The largest absolute Gasteiger partial charge is 0.316 e. The van der Waals surface area contributed by atoms with E-state index in [-0.39, 0.29) is 17.2 Å². The molecule has 3 heterocycles. The van der Waals surface area contributed by atoms with Crippen LogP contribution in [0.2, 0.25) is 0 Å². The number of nitrogens with zero attached hydrogens (tertiary/aromatic N) is 5. The van der Waals surface area contributed by atoms with E-state index in [0.29, 0.717) is 32.4 Å². The van der Waals surface area contributed by atoms with Gasteiger partial charge in [-0.25, -0.2) is 4.57 Å². The molecule has 10 heteroatoms. The summed E-state index contributed by atoms with van der Waals surface area (Å²) in [5.41, 5.74) is 2.56. The summed E-state index contributed by atoms with van der Waals surface area (Å²) in [5.74, 6) is 0.189. The van der Waals surface area contributed by atoms with E-state index in [1.807, 2.05) is 49.4 Å². The van der Waals surface area contributed by atoms with Crippen molar-refractivity contribution in [2.24, 2.45) is 0 Å². The Balaban J connectivity index is 1.58. The number of nitrogens with one attached hydrogen (secondary N) is 1. The van der Waals surface area contributed by atoms with E-state index >= 15 is 0 Å². The summed E-state index contributed by atoms with van der Waals surface area (Å²) in [6, 6.07) is 18.6. The third-order valence-electron chi connectivity index (χ3n) is 5.12. The van der Waals surface area contributed by atoms with Crippen LogP contribution >= 0.6 is 23.1 Å². The summed E-state index contributed by atoms with van der Waals surface area (Å²) in [6.45, 7) is 1.93. The number of thiophene rings is 1. The van der Waals surface area contributed by atoms with Crippen molar-refractivity contribution in [2.75, 3.05) is 11.1 Å². The van der Waals surface area contributed by atoms with Crippen LogP contribution in [-0.2, 0) is 4.79 Å². The predicted octanol–water partition coefficient (Wildman–Crippen LogP) is 4.01. The van der Waals surface area contributed by atoms with Gasteiger partial charge in [0.05, 0.1) is 27.9 Å². The number of amides is 1. The van der Waals surface area contributed by atoms with Crippen molar-refractivity contribution in [3.8, 4) is 11.8 Å². The van der Waals surface area contributed by atoms with Crippen molar-refractivity contribution in [1.82, 2.24) is 19.2 Å². The molecule has 0 atom stereocenters. The van der Waals surface area contributed by atoms with E-state index in [4.69, 9.17) is 5.26 Å². The lowest BCUT2D eigenvalue weighted by Crippen LogP contribution is -2.22. The number of para-hydroxylation sites is 2. The summed E-state index contributed by atoms with van der Waals surface area (Å²) < 4.78 is 3.35. The first kappa shape index (κ1) is 20.9. The molecule has 0 radical (unpaired) electrons. The van der Waals surface area contributed by atoms with Gasteiger partial charge >= 0.3 is 0 Å². The Bertz CT molecular complexity index is 1630. The highest BCUT2D eigenvalue weighted by Crippen LogP contribution is 2.26. The van der Waals surface area contributed by atoms with Gasteiger partial charge in [0.1, 0.15) is 11.1 Å². The van der Waals surface area contributed by atoms with Gasteiger partial charge in [0.25, 0.3) is 5.56 Å². The second-order valence-corrected chi connectivity index (χ2v) is 9.03. The number of nitriles is 1. The van der Waals surface area contributed by atoms with Crippen molar-refractivity contribution >= 4 is 50.7 Å². The van der Waals surface area contributed by atoms with Gasteiger partial charge in [-0.2, -0.15) is 5.26 Å². The van der Waals surface area contributed by atoms with Crippen molar-refractivity contribution in [1.29, 1.82) is 5.26 Å². The third-order valence-corrected chi connectivity index (χ3v) is 6.88. The molecule has 5 aromatic rings. The van der Waals surface area contributed by atoms with Crippen molar-refractivity contribution < 1.29 is 4.79 Å². The predicted molar refractivity (Wildman–Crippen MR) is 129 cm³/mol. The third kappa shape index (κ3) is 3.67. The zero-order valence-electron chi connectivity index (χ0n) is 17.3. The van der Waals surface area contributed by atoms with Crippen LogP contribution < -0.4 is 10.9 Å². The van der Waals surface area contributed by atoms with Crippen LogP contribution in [0.1, 0.15) is 11.1 Å². The Morgan fingerprint density at radius 3 is 2.76 bits per heavy atom. The lowest BCUT2D eigenvalue weighted by molar-refractivity contribution is -0.113. The van der Waals surface area contributed by atoms with Gasteiger partial charge in [0, 0.05) is 0 Å². The number of hydrogen-bond donors (Lipinski definition) is 1. The van der Waals surface area contributed by atoms with Crippen molar-refractivity contribution in [2.45, 2.75) is 12.1 Å². The standard InChI is InChI=1S/C23H16N6O2S2/c1-14-6-2-4-8-17(14)28-21(31)16-7-3-5-9-18(16)29-22(28)26-27-23(29)33-13-19(30)25-20-15(12-24)10-11-32-20/h2-11H,13H2,1H3,(H,25,30). The van der Waals surface area contributed by atoms with Crippen molar-refractivity contribution in [3.63, 3.8) is 0 Å². The Morgan fingerprint density at radius 1 is 1.15 bits per heavy atom. The highest BCUT2D eigenvalue weighted by atomic mass is 32.2. The number of carbonyl (C=O) groups excluding carboxylic acids is 1. The van der Waals surface area contributed by atoms with E-state index in [1.54, 1.807) is 26.5 Å². The van der Waals surface area contributed by atoms with Crippen LogP contribution in [0, 0.1) is 18.3 Å². The van der Waals surface area contributed by atoms with Crippen LogP contribution in [0.15, 0.2) is 69.9 Å². The number of rotatable bonds is 5. The van der Waals surface area contributed by atoms with Crippen LogP contribution in [0.25, 0.3) is 22.4 Å². The Morgan fingerprint density at radius 2 is 1.94 bits per heavy atom. The molecule has 162 valence electrons. The fourth-order valence-corrected chi connectivity index (χ4v) is 5.08. The number of hydrogen-bond acceptors (Lipinski definition) is 7. The molecule has 3 aromatic heterocycles. The lowest BCUT2D eigenvalue weighted by Gasteiger charge is -2.13. The van der Waals surface area contributed by atoms with Crippen LogP contribution in [0.3, 0.4) is 0 Å². The maximum absolute atomic E-state index is 13.4. The molecule has 0 aliphatic heterocycles. The summed E-state index contributed by atoms with van der Waals surface area (Å²) in [4.78, 5) is 25.9. The highest BCUT2D eigenvalue weighted by molar-refractivity contribution is 7.99. The molecule has 2 aromatic carbocycles. The molecule has 0 spiro atoms. The van der Waals surface area contributed by atoms with Crippen LogP contribution in [0.4, 0.5) is 5.00 Å². The zero-order valence-corrected chi connectivity index (χ0v) is 19.0. The first-order valence-electron chi connectivity index (χ1n) is 9.93. The molecule has 33 heavy (non-hydrogen) atoms. The number of benzene rings is 2. The second kappa shape index (κ2) is 8.54. The molecule has 0 aliphatic carbocycles. The molecule has 1 amide bonds. The van der Waals surface area contributed by atoms with E-state index < -0.39 is 0 Å². The van der Waals surface area contributed by atoms with Crippen molar-refractivity contribution in [3.05, 3.63) is 81.5 Å². The maximum Gasteiger partial charge on any atom is 0.267 e. The molecule has 0 aliphatic rings. The molecule has 5 rings (SSSR count). The van der Waals surface area contributed by atoms with E-state index in [0.717, 1.165) is 11.3 Å². The molecular formula is C23H16N6O2S2. The number of aryl methyl sites for hydroxylation is 1. The summed E-state index contributed by atoms with van der Waals surface area (Å²) >= 11 is 2.51. The molecule has 1 N–H and O–H groups in total. The summed E-state index contributed by atoms with van der Waals surface area (Å²) in [7, 11) is 0. The monoisotopic (exact) mass is 472 g/mol. The molecule has 0 saturated carbocycles.